The van der Waals surface area contributed by atoms with Gasteiger partial charge in [0.2, 0.25) is 5.91 Å². The highest BCUT2D eigenvalue weighted by Crippen LogP contribution is 2.33. The number of carbonyl (C=O) groups excluding carboxylic acids is 2. The minimum absolute atomic E-state index is 0.308. The van der Waals surface area contributed by atoms with E-state index in [1.165, 1.54) is 11.3 Å². The van der Waals surface area contributed by atoms with Gasteiger partial charge in [0.15, 0.2) is 11.2 Å². The summed E-state index contributed by atoms with van der Waals surface area (Å²) in [7, 11) is 0. The van der Waals surface area contributed by atoms with Gasteiger partial charge in [-0.15, -0.1) is 11.3 Å². The molecule has 0 bridgehead atoms. The summed E-state index contributed by atoms with van der Waals surface area (Å²) in [6.45, 7) is 0. The lowest BCUT2D eigenvalue weighted by Gasteiger charge is -2.43. The molecule has 9 heteroatoms. The Morgan fingerprint density at radius 1 is 1.09 bits per heavy atom. The predicted molar refractivity (Wildman–Crippen MR) is 120 cm³/mol. The molecule has 8 nitrogen and oxygen atoms in total. The van der Waals surface area contributed by atoms with Crippen LogP contribution in [-0.2, 0) is 16.0 Å². The number of anilines is 1. The van der Waals surface area contributed by atoms with Crippen LogP contribution in [0.15, 0.2) is 66.9 Å². The zero-order chi connectivity index (χ0) is 22.7. The molecule has 1 saturated heterocycles. The summed E-state index contributed by atoms with van der Waals surface area (Å²) in [6.07, 6.45) is 2.40. The van der Waals surface area contributed by atoms with Crippen molar-refractivity contribution in [3.63, 3.8) is 0 Å². The summed E-state index contributed by atoms with van der Waals surface area (Å²) in [5, 5.41) is 13.0. The van der Waals surface area contributed by atoms with Gasteiger partial charge in [-0.3, -0.25) is 4.79 Å². The average molecular weight is 451 g/mol. The average Bonchev–Trinajstić information content (AvgIpc) is 3.21. The predicted octanol–water partition coefficient (Wildman–Crippen LogP) is 3.07. The summed E-state index contributed by atoms with van der Waals surface area (Å²) in [6, 6.07) is 16.2. The van der Waals surface area contributed by atoms with Crippen LogP contribution in [-0.4, -0.2) is 38.9 Å². The van der Waals surface area contributed by atoms with Gasteiger partial charge in [-0.25, -0.2) is 19.5 Å². The van der Waals surface area contributed by atoms with Crippen molar-refractivity contribution in [1.82, 2.24) is 15.2 Å². The van der Waals surface area contributed by atoms with E-state index in [0.29, 0.717) is 18.0 Å². The summed E-state index contributed by atoms with van der Waals surface area (Å²) in [4.78, 5) is 43.3. The van der Waals surface area contributed by atoms with Crippen LogP contribution in [0.2, 0.25) is 0 Å². The molecular formula is C23H22N4O4S. The lowest BCUT2D eigenvalue weighted by molar-refractivity contribution is -0.166. The van der Waals surface area contributed by atoms with Gasteiger partial charge in [0, 0.05) is 11.1 Å². The van der Waals surface area contributed by atoms with E-state index in [1.54, 1.807) is 6.20 Å². The first-order valence-electron chi connectivity index (χ1n) is 10.1. The van der Waals surface area contributed by atoms with Crippen molar-refractivity contribution in [3.8, 4) is 0 Å². The molecule has 1 aliphatic rings. The molecule has 2 unspecified atom stereocenters. The number of nitrogens with two attached hydrogens (primary N) is 1. The highest BCUT2D eigenvalue weighted by molar-refractivity contribution is 7.15. The number of likely N-dealkylation sites (tertiary alicyclic amines) is 1. The third-order valence-electron chi connectivity index (χ3n) is 5.49. The van der Waals surface area contributed by atoms with E-state index in [2.05, 4.69) is 10.3 Å². The number of carboxylic acids is 1. The number of carbonyl (C=O) groups is 3. The number of hydrogen-bond donors (Lipinski definition) is 3. The first-order chi connectivity index (χ1) is 15.5. The zero-order valence-corrected chi connectivity index (χ0v) is 17.9. The van der Waals surface area contributed by atoms with Gasteiger partial charge in [-0.05, 0) is 24.0 Å². The van der Waals surface area contributed by atoms with E-state index in [4.69, 9.17) is 5.73 Å². The van der Waals surface area contributed by atoms with Gasteiger partial charge in [-0.2, -0.15) is 0 Å². The maximum absolute atomic E-state index is 13.0. The SMILES string of the molecule is Nc1ncc(CCC2C(=O)N(C(=O)NC(c3ccccc3)c3ccccc3)C2C(=O)O)s1. The van der Waals surface area contributed by atoms with Gasteiger partial charge in [0.1, 0.15) is 0 Å². The number of hydrogen-bond acceptors (Lipinski definition) is 6. The highest BCUT2D eigenvalue weighted by Gasteiger charge is 2.54. The van der Waals surface area contributed by atoms with Gasteiger partial charge in [0.05, 0.1) is 12.0 Å². The quantitative estimate of drug-likeness (QED) is 0.475. The van der Waals surface area contributed by atoms with E-state index in [1.807, 2.05) is 60.7 Å². The largest absolute Gasteiger partial charge is 0.480 e. The Balaban J connectivity index is 1.50. The lowest BCUT2D eigenvalue weighted by Crippen LogP contribution is -2.68. The van der Waals surface area contributed by atoms with Crippen LogP contribution in [0.5, 0.6) is 0 Å². The Hall–Kier alpha value is -3.72. The van der Waals surface area contributed by atoms with E-state index < -0.39 is 35.9 Å². The maximum Gasteiger partial charge on any atom is 0.327 e. The molecule has 32 heavy (non-hydrogen) atoms. The zero-order valence-electron chi connectivity index (χ0n) is 17.0. The number of aliphatic carboxylic acids is 1. The van der Waals surface area contributed by atoms with Gasteiger partial charge in [-0.1, -0.05) is 60.7 Å². The minimum atomic E-state index is -1.21. The maximum atomic E-state index is 13.0. The van der Waals surface area contributed by atoms with Crippen molar-refractivity contribution in [1.29, 1.82) is 0 Å². The van der Waals surface area contributed by atoms with Gasteiger partial charge in [0.25, 0.3) is 0 Å². The van der Waals surface area contributed by atoms with Crippen LogP contribution < -0.4 is 11.1 Å². The molecule has 2 aromatic carbocycles. The first-order valence-corrected chi connectivity index (χ1v) is 10.9. The number of carboxylic acid groups (broad SMARTS) is 1. The standard InChI is InChI=1S/C23H22N4O4S/c24-22-25-13-16(32-22)11-12-17-19(21(29)30)27(20(17)28)23(31)26-18(14-7-3-1-4-8-14)15-9-5-2-6-10-15/h1-10,13,17-19H,11-12H2,(H2,24,25)(H,26,31)(H,29,30). The minimum Gasteiger partial charge on any atom is -0.480 e. The normalized spacial score (nSPS) is 17.8. The molecule has 0 spiro atoms. The van der Waals surface area contributed by atoms with Crippen LogP contribution in [0.3, 0.4) is 0 Å². The fourth-order valence-electron chi connectivity index (χ4n) is 3.92. The second-order valence-corrected chi connectivity index (χ2v) is 8.65. The number of nitrogens with one attached hydrogen (secondary N) is 1. The number of nitrogen functional groups attached to an aromatic ring is 1. The van der Waals surface area contributed by atoms with Crippen molar-refractivity contribution in [2.75, 3.05) is 5.73 Å². The van der Waals surface area contributed by atoms with Crippen LogP contribution >= 0.6 is 11.3 Å². The molecule has 164 valence electrons. The van der Waals surface area contributed by atoms with Crippen LogP contribution in [0.1, 0.15) is 28.5 Å². The van der Waals surface area contributed by atoms with E-state index >= 15 is 0 Å². The third kappa shape index (κ3) is 4.33. The molecule has 3 amide bonds. The summed E-state index contributed by atoms with van der Waals surface area (Å²) < 4.78 is 0. The number of aromatic nitrogens is 1. The molecule has 4 rings (SSSR count). The molecule has 1 fully saturated rings. The molecular weight excluding hydrogens is 428 g/mol. The number of benzene rings is 2. The molecule has 3 aromatic rings. The number of aryl methyl sites for hydroxylation is 1. The second kappa shape index (κ2) is 9.19. The molecule has 4 N–H and O–H groups in total. The molecule has 0 saturated carbocycles. The molecule has 1 aromatic heterocycles. The van der Waals surface area contributed by atoms with E-state index in [0.717, 1.165) is 20.9 Å². The number of rotatable bonds is 7. The molecule has 0 radical (unpaired) electrons. The first kappa shape index (κ1) is 21.5. The molecule has 1 aliphatic heterocycles. The highest BCUT2D eigenvalue weighted by atomic mass is 32.1. The fourth-order valence-corrected chi connectivity index (χ4v) is 4.62. The van der Waals surface area contributed by atoms with Gasteiger partial charge < -0.3 is 16.2 Å². The monoisotopic (exact) mass is 450 g/mol. The summed E-state index contributed by atoms with van der Waals surface area (Å²) in [5.41, 5.74) is 7.27. The number of amides is 3. The Morgan fingerprint density at radius 3 is 2.19 bits per heavy atom. The van der Waals surface area contributed by atoms with Crippen molar-refractivity contribution >= 4 is 34.4 Å². The molecule has 0 aliphatic carbocycles. The topological polar surface area (TPSA) is 126 Å². The number of imide groups is 1. The summed E-state index contributed by atoms with van der Waals surface area (Å²) >= 11 is 1.30. The van der Waals surface area contributed by atoms with Crippen LogP contribution in [0, 0.1) is 5.92 Å². The number of thiazole rings is 1. The number of nitrogens with zero attached hydrogens (tertiary/aromatic N) is 2. The fraction of sp³-hybridized carbons (Fsp3) is 0.217. The lowest BCUT2D eigenvalue weighted by atomic mass is 9.83. The Kier molecular flexibility index (Phi) is 6.18. The smallest absolute Gasteiger partial charge is 0.327 e. The summed E-state index contributed by atoms with van der Waals surface area (Å²) in [5.74, 6) is -2.47. The Morgan fingerprint density at radius 2 is 1.69 bits per heavy atom. The Labute approximate surface area is 188 Å². The molecule has 2 heterocycles. The number of β-lactam (4-membered cyclic amide) rings is 1. The van der Waals surface area contributed by atoms with Gasteiger partial charge >= 0.3 is 12.0 Å². The number of urea groups is 1. The van der Waals surface area contributed by atoms with E-state index in [9.17, 15) is 19.5 Å². The van der Waals surface area contributed by atoms with Crippen molar-refractivity contribution in [3.05, 3.63) is 82.9 Å². The second-order valence-electron chi connectivity index (χ2n) is 7.51. The Bertz CT molecular complexity index is 1080. The van der Waals surface area contributed by atoms with Crippen LogP contribution in [0.25, 0.3) is 0 Å². The third-order valence-corrected chi connectivity index (χ3v) is 6.38. The van der Waals surface area contributed by atoms with E-state index in [-0.39, 0.29) is 0 Å². The van der Waals surface area contributed by atoms with Crippen molar-refractivity contribution < 1.29 is 19.5 Å². The van der Waals surface area contributed by atoms with Crippen LogP contribution in [0.4, 0.5) is 9.93 Å². The van der Waals surface area contributed by atoms with Crippen molar-refractivity contribution in [2.24, 2.45) is 5.92 Å². The molecule has 2 atom stereocenters. The van der Waals surface area contributed by atoms with Crippen molar-refractivity contribution in [2.45, 2.75) is 24.9 Å².